The highest BCUT2D eigenvalue weighted by molar-refractivity contribution is 5.84. The van der Waals surface area contributed by atoms with Crippen molar-refractivity contribution in [3.05, 3.63) is 28.7 Å². The summed E-state index contributed by atoms with van der Waals surface area (Å²) < 4.78 is 6.58. The molecule has 3 N–H and O–H groups in total. The Labute approximate surface area is 109 Å². The van der Waals surface area contributed by atoms with Crippen LogP contribution in [0.3, 0.4) is 0 Å². The summed E-state index contributed by atoms with van der Waals surface area (Å²) in [6.07, 6.45) is 2.45. The molecular weight excluding hydrogens is 246 g/mol. The van der Waals surface area contributed by atoms with Crippen LogP contribution in [-0.2, 0) is 4.79 Å². The molecule has 2 heterocycles. The maximum absolute atomic E-state index is 12.0. The van der Waals surface area contributed by atoms with E-state index in [2.05, 4.69) is 5.32 Å². The number of rotatable bonds is 1. The van der Waals surface area contributed by atoms with Gasteiger partial charge in [-0.05, 0) is 37.5 Å². The van der Waals surface area contributed by atoms with Gasteiger partial charge in [0, 0.05) is 12.2 Å². The Balaban J connectivity index is 2.17. The molecule has 0 bridgehead atoms. The van der Waals surface area contributed by atoms with Crippen LogP contribution in [0.15, 0.2) is 27.4 Å². The smallest absolute Gasteiger partial charge is 0.408 e. The van der Waals surface area contributed by atoms with Crippen LogP contribution in [0.4, 0.5) is 5.69 Å². The van der Waals surface area contributed by atoms with Gasteiger partial charge in [-0.1, -0.05) is 0 Å². The highest BCUT2D eigenvalue weighted by Gasteiger charge is 2.26. The molecular formula is C13H15N3O3. The van der Waals surface area contributed by atoms with E-state index in [1.165, 1.54) is 4.57 Å². The number of carbonyl (C=O) groups is 1. The first-order valence-electron chi connectivity index (χ1n) is 6.35. The van der Waals surface area contributed by atoms with Crippen molar-refractivity contribution in [2.75, 3.05) is 12.3 Å². The SMILES string of the molecule is Nc1ccc2oc(=O)n(C3CCCCNC3=O)c2c1. The Morgan fingerprint density at radius 2 is 2.16 bits per heavy atom. The van der Waals surface area contributed by atoms with Crippen molar-refractivity contribution in [2.24, 2.45) is 0 Å². The number of nitrogen functional groups attached to an aromatic ring is 1. The molecule has 1 aromatic carbocycles. The van der Waals surface area contributed by atoms with E-state index in [0.717, 1.165) is 12.8 Å². The third kappa shape index (κ3) is 1.99. The van der Waals surface area contributed by atoms with Gasteiger partial charge in [-0.3, -0.25) is 9.36 Å². The van der Waals surface area contributed by atoms with Crippen LogP contribution in [0.1, 0.15) is 25.3 Å². The van der Waals surface area contributed by atoms with Gasteiger partial charge in [-0.2, -0.15) is 0 Å². The molecule has 6 heteroatoms. The topological polar surface area (TPSA) is 90.3 Å². The van der Waals surface area contributed by atoms with Crippen LogP contribution in [0.5, 0.6) is 0 Å². The molecule has 1 aromatic heterocycles. The van der Waals surface area contributed by atoms with Gasteiger partial charge in [-0.15, -0.1) is 0 Å². The average molecular weight is 261 g/mol. The first kappa shape index (κ1) is 11.8. The number of fused-ring (bicyclic) bond motifs is 1. The van der Waals surface area contributed by atoms with Crippen LogP contribution in [0.2, 0.25) is 0 Å². The van der Waals surface area contributed by atoms with E-state index in [-0.39, 0.29) is 5.91 Å². The lowest BCUT2D eigenvalue weighted by molar-refractivity contribution is -0.124. The second-order valence-corrected chi connectivity index (χ2v) is 4.77. The molecule has 2 aromatic rings. The Kier molecular flexibility index (Phi) is 2.77. The predicted octanol–water partition coefficient (Wildman–Crippen LogP) is 1.02. The summed E-state index contributed by atoms with van der Waals surface area (Å²) in [7, 11) is 0. The van der Waals surface area contributed by atoms with Crippen molar-refractivity contribution < 1.29 is 9.21 Å². The standard InChI is InChI=1S/C13H15N3O3/c14-8-4-5-11-10(7-8)16(13(18)19-11)9-3-1-2-6-15-12(9)17/h4-5,7,9H,1-3,6,14H2,(H,15,17). The van der Waals surface area contributed by atoms with E-state index in [9.17, 15) is 9.59 Å². The minimum atomic E-state index is -0.516. The molecule has 0 radical (unpaired) electrons. The molecule has 1 fully saturated rings. The van der Waals surface area contributed by atoms with Gasteiger partial charge in [0.15, 0.2) is 5.58 Å². The zero-order valence-electron chi connectivity index (χ0n) is 10.4. The summed E-state index contributed by atoms with van der Waals surface area (Å²) in [5, 5.41) is 2.82. The molecule has 100 valence electrons. The quantitative estimate of drug-likeness (QED) is 0.750. The Bertz CT molecular complexity index is 686. The zero-order valence-corrected chi connectivity index (χ0v) is 10.4. The molecule has 3 rings (SSSR count). The van der Waals surface area contributed by atoms with Gasteiger partial charge in [0.05, 0.1) is 5.52 Å². The minimum absolute atomic E-state index is 0.135. The molecule has 1 atom stereocenters. The number of amides is 1. The normalized spacial score (nSPS) is 20.2. The average Bonchev–Trinajstić information content (AvgIpc) is 2.55. The maximum atomic E-state index is 12.0. The zero-order chi connectivity index (χ0) is 13.4. The van der Waals surface area contributed by atoms with E-state index in [0.29, 0.717) is 29.8 Å². The predicted molar refractivity (Wildman–Crippen MR) is 70.8 cm³/mol. The summed E-state index contributed by atoms with van der Waals surface area (Å²) in [6.45, 7) is 0.655. The first-order chi connectivity index (χ1) is 9.16. The molecule has 6 nitrogen and oxygen atoms in total. The van der Waals surface area contributed by atoms with E-state index >= 15 is 0 Å². The second-order valence-electron chi connectivity index (χ2n) is 4.77. The van der Waals surface area contributed by atoms with Crippen molar-refractivity contribution in [1.29, 1.82) is 0 Å². The van der Waals surface area contributed by atoms with Gasteiger partial charge in [0.2, 0.25) is 5.91 Å². The third-order valence-corrected chi connectivity index (χ3v) is 3.45. The van der Waals surface area contributed by atoms with Gasteiger partial charge >= 0.3 is 5.76 Å². The third-order valence-electron chi connectivity index (χ3n) is 3.45. The fourth-order valence-corrected chi connectivity index (χ4v) is 2.52. The van der Waals surface area contributed by atoms with Gasteiger partial charge in [0.25, 0.3) is 0 Å². The lowest BCUT2D eigenvalue weighted by Gasteiger charge is -2.14. The van der Waals surface area contributed by atoms with Crippen LogP contribution >= 0.6 is 0 Å². The highest BCUT2D eigenvalue weighted by atomic mass is 16.4. The number of oxazole rings is 1. The lowest BCUT2D eigenvalue weighted by Crippen LogP contribution is -2.34. The Morgan fingerprint density at radius 1 is 1.32 bits per heavy atom. The van der Waals surface area contributed by atoms with Crippen molar-refractivity contribution >= 4 is 22.7 Å². The van der Waals surface area contributed by atoms with Crippen LogP contribution in [-0.4, -0.2) is 17.0 Å². The number of nitrogens with one attached hydrogen (secondary N) is 1. The Hall–Kier alpha value is -2.24. The van der Waals surface area contributed by atoms with Gasteiger partial charge in [-0.25, -0.2) is 4.79 Å². The number of aromatic nitrogens is 1. The van der Waals surface area contributed by atoms with Crippen molar-refractivity contribution in [3.8, 4) is 0 Å². The molecule has 1 amide bonds. The van der Waals surface area contributed by atoms with Crippen molar-refractivity contribution in [3.63, 3.8) is 0 Å². The van der Waals surface area contributed by atoms with E-state index < -0.39 is 11.8 Å². The molecule has 0 aliphatic carbocycles. The largest absolute Gasteiger partial charge is 0.420 e. The van der Waals surface area contributed by atoms with Crippen molar-refractivity contribution in [2.45, 2.75) is 25.3 Å². The molecule has 1 saturated heterocycles. The number of nitrogens with zero attached hydrogens (tertiary/aromatic N) is 1. The number of anilines is 1. The molecule has 1 unspecified atom stereocenters. The molecule has 0 saturated carbocycles. The summed E-state index contributed by atoms with van der Waals surface area (Å²) in [6, 6.07) is 4.47. The number of benzene rings is 1. The number of hydrogen-bond acceptors (Lipinski definition) is 4. The fraction of sp³-hybridized carbons (Fsp3) is 0.385. The van der Waals surface area contributed by atoms with Crippen LogP contribution in [0.25, 0.3) is 11.1 Å². The number of nitrogens with two attached hydrogens (primary N) is 1. The molecule has 1 aliphatic heterocycles. The summed E-state index contributed by atoms with van der Waals surface area (Å²) >= 11 is 0. The number of hydrogen-bond donors (Lipinski definition) is 2. The fourth-order valence-electron chi connectivity index (χ4n) is 2.52. The summed E-state index contributed by atoms with van der Waals surface area (Å²) in [5.41, 5.74) is 7.31. The van der Waals surface area contributed by atoms with E-state index in [1.54, 1.807) is 18.2 Å². The second kappa shape index (κ2) is 4.46. The van der Waals surface area contributed by atoms with E-state index in [4.69, 9.17) is 10.2 Å². The van der Waals surface area contributed by atoms with Crippen LogP contribution in [0, 0.1) is 0 Å². The molecule has 1 aliphatic rings. The summed E-state index contributed by atoms with van der Waals surface area (Å²) in [4.78, 5) is 24.0. The van der Waals surface area contributed by atoms with E-state index in [1.807, 2.05) is 0 Å². The van der Waals surface area contributed by atoms with Crippen molar-refractivity contribution in [1.82, 2.24) is 9.88 Å². The monoisotopic (exact) mass is 261 g/mol. The Morgan fingerprint density at radius 3 is 3.00 bits per heavy atom. The summed E-state index contributed by atoms with van der Waals surface area (Å²) in [5.74, 6) is -0.646. The van der Waals surface area contributed by atoms with Crippen LogP contribution < -0.4 is 16.8 Å². The van der Waals surface area contributed by atoms with Gasteiger partial charge < -0.3 is 15.5 Å². The maximum Gasteiger partial charge on any atom is 0.420 e. The first-order valence-corrected chi connectivity index (χ1v) is 6.35. The molecule has 0 spiro atoms. The minimum Gasteiger partial charge on any atom is -0.408 e. The number of carbonyl (C=O) groups excluding carboxylic acids is 1. The highest BCUT2D eigenvalue weighted by Crippen LogP contribution is 2.24. The molecule has 19 heavy (non-hydrogen) atoms. The lowest BCUT2D eigenvalue weighted by atomic mass is 10.1. The van der Waals surface area contributed by atoms with Gasteiger partial charge in [0.1, 0.15) is 6.04 Å².